The van der Waals surface area contributed by atoms with Crippen LogP contribution in [0.3, 0.4) is 0 Å². The largest absolute Gasteiger partial charge is 0.493 e. The van der Waals surface area contributed by atoms with E-state index in [1.54, 1.807) is 12.1 Å². The molecule has 21 heavy (non-hydrogen) atoms. The highest BCUT2D eigenvalue weighted by molar-refractivity contribution is 5.77. The van der Waals surface area contributed by atoms with Gasteiger partial charge in [0.1, 0.15) is 11.5 Å². The van der Waals surface area contributed by atoms with E-state index in [4.69, 9.17) is 9.47 Å². The zero-order valence-electron chi connectivity index (χ0n) is 13.1. The molecule has 1 saturated heterocycles. The molecule has 0 amide bonds. The minimum absolute atomic E-state index is 0.231. The third-order valence-electron chi connectivity index (χ3n) is 3.59. The number of carbonyl (C=O) groups is 1. The van der Waals surface area contributed by atoms with Crippen molar-refractivity contribution in [3.63, 3.8) is 0 Å². The third kappa shape index (κ3) is 5.05. The fourth-order valence-electron chi connectivity index (χ4n) is 2.13. The molecule has 0 unspecified atom stereocenters. The van der Waals surface area contributed by atoms with Crippen LogP contribution in [0.15, 0.2) is 24.3 Å². The molecule has 1 fully saturated rings. The molecule has 0 radical (unpaired) electrons. The number of benzene rings is 1. The lowest BCUT2D eigenvalue weighted by Gasteiger charge is -2.22. The first-order valence-corrected chi connectivity index (χ1v) is 7.61. The Labute approximate surface area is 126 Å². The van der Waals surface area contributed by atoms with Crippen molar-refractivity contribution >= 4 is 5.97 Å². The number of ether oxygens (including phenoxy) is 2. The summed E-state index contributed by atoms with van der Waals surface area (Å²) >= 11 is 0. The van der Waals surface area contributed by atoms with Crippen LogP contribution < -0.4 is 14.8 Å². The van der Waals surface area contributed by atoms with E-state index in [0.29, 0.717) is 11.7 Å². The summed E-state index contributed by atoms with van der Waals surface area (Å²) in [7, 11) is 0. The van der Waals surface area contributed by atoms with Gasteiger partial charge >= 0.3 is 5.97 Å². The zero-order valence-corrected chi connectivity index (χ0v) is 13.1. The Hall–Kier alpha value is -1.55. The summed E-state index contributed by atoms with van der Waals surface area (Å²) in [6.45, 7) is 8.43. The Morgan fingerprint density at radius 1 is 1.14 bits per heavy atom. The van der Waals surface area contributed by atoms with Crippen molar-refractivity contribution in [2.24, 2.45) is 11.3 Å². The number of hydrogen-bond acceptors (Lipinski definition) is 4. The van der Waals surface area contributed by atoms with Crippen LogP contribution in [0.25, 0.3) is 0 Å². The first-order chi connectivity index (χ1) is 9.95. The van der Waals surface area contributed by atoms with E-state index in [2.05, 4.69) is 5.32 Å². The molecule has 4 heteroatoms. The second-order valence-corrected chi connectivity index (χ2v) is 6.62. The van der Waals surface area contributed by atoms with Crippen molar-refractivity contribution in [3.8, 4) is 11.5 Å². The van der Waals surface area contributed by atoms with Gasteiger partial charge in [-0.2, -0.15) is 0 Å². The average Bonchev–Trinajstić information content (AvgIpc) is 2.46. The Morgan fingerprint density at radius 3 is 2.29 bits per heavy atom. The van der Waals surface area contributed by atoms with E-state index in [1.807, 2.05) is 32.9 Å². The van der Waals surface area contributed by atoms with Gasteiger partial charge in [-0.1, -0.05) is 0 Å². The van der Waals surface area contributed by atoms with Crippen LogP contribution in [0.4, 0.5) is 0 Å². The molecule has 116 valence electrons. The standard InChI is InChI=1S/C17H25NO3/c1-17(2,3)16(19)21-15-6-4-14(5-7-15)20-12-13-8-10-18-11-9-13/h4-7,13,18H,8-12H2,1-3H3. The van der Waals surface area contributed by atoms with Crippen LogP contribution in [-0.2, 0) is 4.79 Å². The number of rotatable bonds is 4. The number of carbonyl (C=O) groups excluding carboxylic acids is 1. The van der Waals surface area contributed by atoms with Crippen LogP contribution in [0.2, 0.25) is 0 Å². The molecule has 1 aliphatic rings. The molecule has 0 aliphatic carbocycles. The smallest absolute Gasteiger partial charge is 0.316 e. The van der Waals surface area contributed by atoms with Crippen LogP contribution >= 0.6 is 0 Å². The first kappa shape index (κ1) is 15.8. The third-order valence-corrected chi connectivity index (χ3v) is 3.59. The van der Waals surface area contributed by atoms with Crippen LogP contribution in [-0.4, -0.2) is 25.7 Å². The molecular weight excluding hydrogens is 266 g/mol. The molecule has 0 saturated carbocycles. The predicted molar refractivity (Wildman–Crippen MR) is 82.6 cm³/mol. The molecule has 4 nitrogen and oxygen atoms in total. The average molecular weight is 291 g/mol. The normalized spacial score (nSPS) is 16.5. The summed E-state index contributed by atoms with van der Waals surface area (Å²) < 4.78 is 11.1. The Morgan fingerprint density at radius 2 is 1.71 bits per heavy atom. The topological polar surface area (TPSA) is 47.6 Å². The molecule has 0 spiro atoms. The summed E-state index contributed by atoms with van der Waals surface area (Å²) in [6.07, 6.45) is 2.34. The van der Waals surface area contributed by atoms with Crippen molar-refractivity contribution < 1.29 is 14.3 Å². The lowest BCUT2D eigenvalue weighted by atomic mass is 9.97. The number of piperidine rings is 1. The molecular formula is C17H25NO3. The van der Waals surface area contributed by atoms with Gasteiger partial charge in [0, 0.05) is 0 Å². The fourth-order valence-corrected chi connectivity index (χ4v) is 2.13. The molecule has 1 aromatic rings. The maximum absolute atomic E-state index is 11.8. The molecule has 1 aromatic carbocycles. The van der Waals surface area contributed by atoms with Gasteiger partial charge in [0.2, 0.25) is 0 Å². The van der Waals surface area contributed by atoms with E-state index in [-0.39, 0.29) is 5.97 Å². The quantitative estimate of drug-likeness (QED) is 0.684. The SMILES string of the molecule is CC(C)(C)C(=O)Oc1ccc(OCC2CCNCC2)cc1. The van der Waals surface area contributed by atoms with Gasteiger partial charge < -0.3 is 14.8 Å². The molecule has 1 N–H and O–H groups in total. The van der Waals surface area contributed by atoms with Crippen molar-refractivity contribution in [2.45, 2.75) is 33.6 Å². The van der Waals surface area contributed by atoms with Crippen LogP contribution in [0.5, 0.6) is 11.5 Å². The van der Waals surface area contributed by atoms with Crippen LogP contribution in [0.1, 0.15) is 33.6 Å². The van der Waals surface area contributed by atoms with Crippen molar-refractivity contribution in [1.29, 1.82) is 0 Å². The minimum Gasteiger partial charge on any atom is -0.493 e. The maximum atomic E-state index is 11.8. The summed E-state index contributed by atoms with van der Waals surface area (Å²) in [5.41, 5.74) is -0.496. The van der Waals surface area contributed by atoms with E-state index < -0.39 is 5.41 Å². The number of esters is 1. The Balaban J connectivity index is 1.82. The summed E-state index contributed by atoms with van der Waals surface area (Å²) in [4.78, 5) is 11.8. The molecule has 2 rings (SSSR count). The minimum atomic E-state index is -0.496. The molecule has 1 aliphatic heterocycles. The highest BCUT2D eigenvalue weighted by Crippen LogP contribution is 2.23. The number of hydrogen-bond donors (Lipinski definition) is 1. The predicted octanol–water partition coefficient (Wildman–Crippen LogP) is 3.02. The molecule has 1 heterocycles. The second-order valence-electron chi connectivity index (χ2n) is 6.62. The monoisotopic (exact) mass is 291 g/mol. The fraction of sp³-hybridized carbons (Fsp3) is 0.588. The maximum Gasteiger partial charge on any atom is 0.316 e. The van der Waals surface area contributed by atoms with Gasteiger partial charge in [0.15, 0.2) is 0 Å². The van der Waals surface area contributed by atoms with Crippen molar-refractivity contribution in [1.82, 2.24) is 5.32 Å². The molecule has 0 atom stereocenters. The van der Waals surface area contributed by atoms with Gasteiger partial charge in [-0.3, -0.25) is 4.79 Å². The molecule has 0 bridgehead atoms. The second kappa shape index (κ2) is 6.94. The Bertz CT molecular complexity index is 456. The summed E-state index contributed by atoms with van der Waals surface area (Å²) in [5.74, 6) is 1.78. The summed E-state index contributed by atoms with van der Waals surface area (Å²) in [6, 6.07) is 7.27. The van der Waals surface area contributed by atoms with Gasteiger partial charge in [0.25, 0.3) is 0 Å². The van der Waals surface area contributed by atoms with Crippen LogP contribution in [0, 0.1) is 11.3 Å². The number of nitrogens with one attached hydrogen (secondary N) is 1. The summed E-state index contributed by atoms with van der Waals surface area (Å²) in [5, 5.41) is 3.35. The van der Waals surface area contributed by atoms with E-state index in [1.165, 1.54) is 12.8 Å². The van der Waals surface area contributed by atoms with Crippen molar-refractivity contribution in [2.75, 3.05) is 19.7 Å². The lowest BCUT2D eigenvalue weighted by Crippen LogP contribution is -2.30. The molecule has 0 aromatic heterocycles. The zero-order chi connectivity index (χ0) is 15.3. The van der Waals surface area contributed by atoms with Gasteiger partial charge in [-0.15, -0.1) is 0 Å². The highest BCUT2D eigenvalue weighted by Gasteiger charge is 2.23. The Kier molecular flexibility index (Phi) is 5.23. The van der Waals surface area contributed by atoms with Gasteiger partial charge in [-0.05, 0) is 76.9 Å². The van der Waals surface area contributed by atoms with Gasteiger partial charge in [-0.25, -0.2) is 0 Å². The van der Waals surface area contributed by atoms with E-state index in [0.717, 1.165) is 25.4 Å². The first-order valence-electron chi connectivity index (χ1n) is 7.61. The van der Waals surface area contributed by atoms with Crippen molar-refractivity contribution in [3.05, 3.63) is 24.3 Å². The highest BCUT2D eigenvalue weighted by atomic mass is 16.5. The lowest BCUT2D eigenvalue weighted by molar-refractivity contribution is -0.143. The van der Waals surface area contributed by atoms with E-state index in [9.17, 15) is 4.79 Å². The van der Waals surface area contributed by atoms with Gasteiger partial charge in [0.05, 0.1) is 12.0 Å². The van der Waals surface area contributed by atoms with E-state index >= 15 is 0 Å².